The van der Waals surface area contributed by atoms with Gasteiger partial charge in [-0.1, -0.05) is 154 Å². The largest absolute Gasteiger partial charge is 0.342 e. The third kappa shape index (κ3) is 13.9. The van der Waals surface area contributed by atoms with Crippen molar-refractivity contribution < 1.29 is 0 Å². The molecule has 0 saturated carbocycles. The van der Waals surface area contributed by atoms with E-state index in [1.807, 2.05) is 25.2 Å². The number of benzene rings is 3. The van der Waals surface area contributed by atoms with Gasteiger partial charge in [0.15, 0.2) is 0 Å². The molecule has 1 heterocycles. The van der Waals surface area contributed by atoms with Crippen LogP contribution in [0.15, 0.2) is 272 Å². The van der Waals surface area contributed by atoms with Crippen LogP contribution in [0.25, 0.3) is 5.57 Å². The minimum Gasteiger partial charge on any atom is -0.342 e. The molecule has 67 heavy (non-hydrogen) atoms. The average molecular weight is 883 g/mol. The fraction of sp³-hybridized carbons (Fsp3) is 0.206. The Morgan fingerprint density at radius 1 is 0.701 bits per heavy atom. The number of hydrogen-bond acceptors (Lipinski definition) is 4. The molecule has 4 heteroatoms. The molecule has 6 rings (SSSR count). The van der Waals surface area contributed by atoms with Gasteiger partial charge in [0.25, 0.3) is 0 Å². The van der Waals surface area contributed by atoms with Crippen LogP contribution in [0, 0.1) is 0 Å². The molecule has 0 atom stereocenters. The van der Waals surface area contributed by atoms with E-state index in [1.54, 1.807) is 0 Å². The van der Waals surface area contributed by atoms with Gasteiger partial charge >= 0.3 is 0 Å². The highest BCUT2D eigenvalue weighted by Gasteiger charge is 2.22. The molecule has 0 amide bonds. The zero-order chi connectivity index (χ0) is 47.1. The standard InChI is InChI=1S/C63H70N4/c1-7-12-26-51-65(58-34-24-20-25-35-58)59-46-48-63(49-47-59)67(56(11-5)31-14-9-3)62-44-40-54(41-45-62)53-29-28-37-61(43-39-53)66(55(10-4)30-13-8-2)60-36-21-17-15-16-18-27-50-64(52(6)38-42-60)57-32-22-19-23-33-57/h7-8,10-13,15-16,18-28,30,32-46,48H,1,4,9,14,17,29,31,47,49-51H2,2-3,5-6H3/b13-8+,16-15-,26-12-,27-18-,36-21+,52-38+,55-30+,56-11+,60-42+. The van der Waals surface area contributed by atoms with Crippen LogP contribution in [0.5, 0.6) is 0 Å². The molecule has 342 valence electrons. The minimum absolute atomic E-state index is 0.769. The van der Waals surface area contributed by atoms with Gasteiger partial charge in [-0.3, -0.25) is 0 Å². The molecule has 0 bridgehead atoms. The fourth-order valence-corrected chi connectivity index (χ4v) is 8.46. The van der Waals surface area contributed by atoms with Crippen LogP contribution in [0.4, 0.5) is 17.1 Å². The maximum absolute atomic E-state index is 4.29. The molecule has 3 aromatic rings. The van der Waals surface area contributed by atoms with Gasteiger partial charge in [0.1, 0.15) is 0 Å². The van der Waals surface area contributed by atoms with Crippen LogP contribution in [0.3, 0.4) is 0 Å². The highest BCUT2D eigenvalue weighted by molar-refractivity contribution is 5.72. The van der Waals surface area contributed by atoms with Gasteiger partial charge in [-0.2, -0.15) is 0 Å². The molecule has 0 spiro atoms. The van der Waals surface area contributed by atoms with Gasteiger partial charge in [-0.05, 0) is 162 Å². The summed E-state index contributed by atoms with van der Waals surface area (Å²) in [5.74, 6) is 0. The number of unbranched alkanes of at least 4 members (excludes halogenated alkanes) is 1. The quantitative estimate of drug-likeness (QED) is 0.118. The Balaban J connectivity index is 1.35. The summed E-state index contributed by atoms with van der Waals surface area (Å²) in [7, 11) is 0. The first-order chi connectivity index (χ1) is 33.0. The molecule has 4 nitrogen and oxygen atoms in total. The Labute approximate surface area is 403 Å². The molecule has 0 fully saturated rings. The highest BCUT2D eigenvalue weighted by atomic mass is 15.2. The van der Waals surface area contributed by atoms with Crippen LogP contribution in [0.1, 0.15) is 78.2 Å². The Morgan fingerprint density at radius 3 is 2.09 bits per heavy atom. The summed E-state index contributed by atoms with van der Waals surface area (Å²) >= 11 is 0. The molecular formula is C63H70N4. The van der Waals surface area contributed by atoms with Crippen molar-refractivity contribution in [2.75, 3.05) is 27.8 Å². The Kier molecular flexibility index (Phi) is 19.5. The summed E-state index contributed by atoms with van der Waals surface area (Å²) in [6.07, 6.45) is 54.8. The second-order valence-corrected chi connectivity index (χ2v) is 16.6. The molecule has 3 aromatic carbocycles. The van der Waals surface area contributed by atoms with E-state index in [4.69, 9.17) is 0 Å². The zero-order valence-corrected chi connectivity index (χ0v) is 40.4. The smallest absolute Gasteiger partial charge is 0.0459 e. The van der Waals surface area contributed by atoms with E-state index in [9.17, 15) is 0 Å². The summed E-state index contributed by atoms with van der Waals surface area (Å²) in [6, 6.07) is 30.5. The lowest BCUT2D eigenvalue weighted by atomic mass is 10.00. The van der Waals surface area contributed by atoms with Crippen molar-refractivity contribution in [3.8, 4) is 0 Å². The Morgan fingerprint density at radius 2 is 1.40 bits per heavy atom. The number of rotatable bonds is 18. The normalized spacial score (nSPS) is 19.1. The fourth-order valence-electron chi connectivity index (χ4n) is 8.46. The van der Waals surface area contributed by atoms with Crippen molar-refractivity contribution in [1.82, 2.24) is 4.90 Å². The van der Waals surface area contributed by atoms with Crippen molar-refractivity contribution >= 4 is 22.6 Å². The minimum atomic E-state index is 0.769. The first-order valence-electron chi connectivity index (χ1n) is 24.1. The SMILES string of the molecule is C=C/C=C\CN(C1=CC=C(N(/C(=C/C)CCCC)c2ccc(C3=CC=C(N(/C(C=C)=C/C=C/C)C4=C/C=C(\C)N(c5ccccc5)C/C=C\C=C/C\C=C\4)C=CC3)cc2)CC1)c1ccccc1. The van der Waals surface area contributed by atoms with Crippen molar-refractivity contribution in [2.45, 2.75) is 72.6 Å². The van der Waals surface area contributed by atoms with Crippen LogP contribution in [-0.4, -0.2) is 18.0 Å². The van der Waals surface area contributed by atoms with E-state index in [0.29, 0.717) is 0 Å². The zero-order valence-electron chi connectivity index (χ0n) is 40.4. The predicted molar refractivity (Wildman–Crippen MR) is 293 cm³/mol. The molecule has 0 saturated heterocycles. The monoisotopic (exact) mass is 883 g/mol. The second kappa shape index (κ2) is 26.6. The van der Waals surface area contributed by atoms with Crippen molar-refractivity contribution in [2.24, 2.45) is 0 Å². The number of anilines is 3. The summed E-state index contributed by atoms with van der Waals surface area (Å²) in [5.41, 5.74) is 14.2. The van der Waals surface area contributed by atoms with E-state index in [-0.39, 0.29) is 0 Å². The molecule has 0 radical (unpaired) electrons. The number of para-hydroxylation sites is 2. The maximum atomic E-state index is 4.29. The van der Waals surface area contributed by atoms with Crippen LogP contribution in [0.2, 0.25) is 0 Å². The maximum Gasteiger partial charge on any atom is 0.0459 e. The summed E-state index contributed by atoms with van der Waals surface area (Å²) in [6.45, 7) is 18.4. The predicted octanol–water partition coefficient (Wildman–Crippen LogP) is 16.9. The summed E-state index contributed by atoms with van der Waals surface area (Å²) in [4.78, 5) is 9.57. The van der Waals surface area contributed by atoms with Gasteiger partial charge in [0.05, 0.1) is 0 Å². The van der Waals surface area contributed by atoms with Crippen LogP contribution < -0.4 is 14.7 Å². The third-order valence-corrected chi connectivity index (χ3v) is 12.0. The van der Waals surface area contributed by atoms with E-state index in [0.717, 1.165) is 86.5 Å². The second-order valence-electron chi connectivity index (χ2n) is 16.6. The lowest BCUT2D eigenvalue weighted by molar-refractivity contribution is 0.578. The van der Waals surface area contributed by atoms with Crippen molar-refractivity contribution in [3.05, 3.63) is 277 Å². The highest BCUT2D eigenvalue weighted by Crippen LogP contribution is 2.36. The van der Waals surface area contributed by atoms with Gasteiger partial charge < -0.3 is 19.6 Å². The third-order valence-electron chi connectivity index (χ3n) is 12.0. The average Bonchev–Trinajstić information content (AvgIpc) is 3.62. The van der Waals surface area contributed by atoms with Gasteiger partial charge in [0, 0.05) is 70.0 Å². The van der Waals surface area contributed by atoms with E-state index >= 15 is 0 Å². The van der Waals surface area contributed by atoms with Gasteiger partial charge in [0.2, 0.25) is 0 Å². The van der Waals surface area contributed by atoms with E-state index < -0.39 is 0 Å². The van der Waals surface area contributed by atoms with Gasteiger partial charge in [-0.25, -0.2) is 0 Å². The molecule has 0 unspecified atom stereocenters. The molecule has 0 N–H and O–H groups in total. The van der Waals surface area contributed by atoms with Crippen molar-refractivity contribution in [3.63, 3.8) is 0 Å². The number of hydrogen-bond donors (Lipinski definition) is 0. The van der Waals surface area contributed by atoms with Crippen molar-refractivity contribution in [1.29, 1.82) is 0 Å². The number of allylic oxidation sites excluding steroid dienone is 25. The Hall–Kier alpha value is -7.30. The lowest BCUT2D eigenvalue weighted by Crippen LogP contribution is -2.27. The van der Waals surface area contributed by atoms with E-state index in [1.165, 1.54) is 39.6 Å². The van der Waals surface area contributed by atoms with Crippen LogP contribution in [-0.2, 0) is 0 Å². The molecule has 3 aliphatic rings. The lowest BCUT2D eigenvalue weighted by Gasteiger charge is -2.34. The first kappa shape index (κ1) is 49.1. The van der Waals surface area contributed by atoms with Gasteiger partial charge in [-0.15, -0.1) is 0 Å². The first-order valence-corrected chi connectivity index (χ1v) is 24.1. The van der Waals surface area contributed by atoms with E-state index in [2.05, 4.69) is 254 Å². The Bertz CT molecular complexity index is 2560. The number of nitrogens with zero attached hydrogens (tertiary/aromatic N) is 4. The topological polar surface area (TPSA) is 13.0 Å². The molecular weight excluding hydrogens is 813 g/mol. The summed E-state index contributed by atoms with van der Waals surface area (Å²) in [5, 5.41) is 0. The molecule has 2 aliphatic carbocycles. The molecule has 1 aliphatic heterocycles. The van der Waals surface area contributed by atoms with Crippen LogP contribution >= 0.6 is 0 Å². The molecule has 0 aromatic heterocycles. The summed E-state index contributed by atoms with van der Waals surface area (Å²) < 4.78 is 0.